The van der Waals surface area contributed by atoms with E-state index >= 15 is 0 Å². The number of fused-ring (bicyclic) bond motifs is 1. The molecule has 8 nitrogen and oxygen atoms in total. The summed E-state index contributed by atoms with van der Waals surface area (Å²) in [5, 5.41) is 7.21. The zero-order chi connectivity index (χ0) is 25.9. The van der Waals surface area contributed by atoms with Gasteiger partial charge in [-0.3, -0.25) is 14.6 Å². The number of aromatic nitrogens is 1. The Morgan fingerprint density at radius 2 is 1.86 bits per heavy atom. The molecule has 2 aromatic carbocycles. The van der Waals surface area contributed by atoms with Gasteiger partial charge in [0.25, 0.3) is 15.9 Å². The topological polar surface area (TPSA) is 108 Å². The van der Waals surface area contributed by atoms with E-state index < -0.39 is 16.1 Å². The van der Waals surface area contributed by atoms with Crippen LogP contribution in [0.5, 0.6) is 0 Å². The van der Waals surface area contributed by atoms with Crippen LogP contribution in [0.15, 0.2) is 59.6 Å². The molecule has 2 unspecified atom stereocenters. The summed E-state index contributed by atoms with van der Waals surface area (Å²) in [5.74, 6) is -0.726. The van der Waals surface area contributed by atoms with E-state index in [0.29, 0.717) is 53.6 Å². The van der Waals surface area contributed by atoms with Gasteiger partial charge in [0.1, 0.15) is 0 Å². The zero-order valence-electron chi connectivity index (χ0n) is 20.8. The van der Waals surface area contributed by atoms with Gasteiger partial charge in [0, 0.05) is 34.8 Å². The van der Waals surface area contributed by atoms with Crippen LogP contribution < -0.4 is 10.6 Å². The average molecular weight is 509 g/mol. The summed E-state index contributed by atoms with van der Waals surface area (Å²) in [6.07, 6.45) is 2.90. The number of piperidine rings is 1. The zero-order valence-corrected chi connectivity index (χ0v) is 21.6. The largest absolute Gasteiger partial charge is 0.321 e. The van der Waals surface area contributed by atoms with Gasteiger partial charge in [-0.25, -0.2) is 12.7 Å². The molecule has 1 aromatic heterocycles. The monoisotopic (exact) mass is 508 g/mol. The van der Waals surface area contributed by atoms with Crippen molar-refractivity contribution in [2.24, 2.45) is 5.92 Å². The molecule has 2 N–H and O–H groups in total. The lowest BCUT2D eigenvalue weighted by Crippen LogP contribution is -2.53. The molecule has 1 saturated heterocycles. The number of rotatable bonds is 7. The van der Waals surface area contributed by atoms with E-state index in [1.54, 1.807) is 55.6 Å². The number of carbonyl (C=O) groups is 2. The van der Waals surface area contributed by atoms with Crippen LogP contribution in [0.25, 0.3) is 10.8 Å². The van der Waals surface area contributed by atoms with Crippen LogP contribution >= 0.6 is 0 Å². The second kappa shape index (κ2) is 10.8. The number of aryl methyl sites for hydroxylation is 1. The van der Waals surface area contributed by atoms with Gasteiger partial charge < -0.3 is 10.6 Å². The second-order valence-corrected chi connectivity index (χ2v) is 11.0. The summed E-state index contributed by atoms with van der Waals surface area (Å²) < 4.78 is 29.3. The van der Waals surface area contributed by atoms with Crippen molar-refractivity contribution in [3.63, 3.8) is 0 Å². The van der Waals surface area contributed by atoms with Gasteiger partial charge in [0.05, 0.1) is 16.5 Å². The molecule has 36 heavy (non-hydrogen) atoms. The fraction of sp³-hybridized carbons (Fsp3) is 0.370. The quantitative estimate of drug-likeness (QED) is 0.497. The molecule has 1 aliphatic rings. The van der Waals surface area contributed by atoms with Crippen molar-refractivity contribution in [1.29, 1.82) is 0 Å². The van der Waals surface area contributed by atoms with Gasteiger partial charge in [-0.15, -0.1) is 0 Å². The number of hydrogen-bond acceptors (Lipinski definition) is 6. The lowest BCUT2D eigenvalue weighted by Gasteiger charge is -2.38. The van der Waals surface area contributed by atoms with Crippen molar-refractivity contribution in [2.75, 3.05) is 18.4 Å². The first-order chi connectivity index (χ1) is 17.3. The maximum atomic E-state index is 14.1. The Morgan fingerprint density at radius 3 is 2.56 bits per heavy atom. The van der Waals surface area contributed by atoms with Crippen molar-refractivity contribution in [3.8, 4) is 0 Å². The number of pyridine rings is 1. The average Bonchev–Trinajstić information content (AvgIpc) is 2.85. The molecular formula is C27H32N4O4S. The highest BCUT2D eigenvalue weighted by molar-refractivity contribution is 7.90. The lowest BCUT2D eigenvalue weighted by atomic mass is 9.95. The third-order valence-corrected chi connectivity index (χ3v) is 8.58. The van der Waals surface area contributed by atoms with E-state index in [2.05, 4.69) is 15.6 Å². The Hall–Kier alpha value is -3.30. The third kappa shape index (κ3) is 4.99. The lowest BCUT2D eigenvalue weighted by molar-refractivity contribution is -0.129. The van der Waals surface area contributed by atoms with Gasteiger partial charge in [-0.05, 0) is 63.0 Å². The van der Waals surface area contributed by atoms with Crippen molar-refractivity contribution in [1.82, 2.24) is 14.6 Å². The number of hydrogen-bond donors (Lipinski definition) is 2. The van der Waals surface area contributed by atoms with Gasteiger partial charge in [0.15, 0.2) is 0 Å². The van der Waals surface area contributed by atoms with E-state index in [4.69, 9.17) is 0 Å². The molecule has 4 rings (SSSR count). The van der Waals surface area contributed by atoms with Gasteiger partial charge >= 0.3 is 0 Å². The number of nitrogens with one attached hydrogen (secondary N) is 2. The van der Waals surface area contributed by atoms with Crippen LogP contribution in [0.3, 0.4) is 0 Å². The summed E-state index contributed by atoms with van der Waals surface area (Å²) in [4.78, 5) is 30.4. The molecule has 9 heteroatoms. The van der Waals surface area contributed by atoms with Crippen LogP contribution in [0, 0.1) is 12.8 Å². The van der Waals surface area contributed by atoms with Gasteiger partial charge in [-0.2, -0.15) is 0 Å². The Labute approximate surface area is 212 Å². The third-order valence-electron chi connectivity index (χ3n) is 6.67. The summed E-state index contributed by atoms with van der Waals surface area (Å²) in [5.41, 5.74) is 1.52. The smallest absolute Gasteiger partial charge is 0.267 e. The summed E-state index contributed by atoms with van der Waals surface area (Å²) >= 11 is 0. The molecule has 0 radical (unpaired) electrons. The minimum Gasteiger partial charge on any atom is -0.321 e. The SMILES string of the molecule is CCCC(=O)N(C1CCNCC1C)S(=O)(=O)c1ccc(NC(=O)c2cccnc2C)c2ccccc12. The van der Waals surface area contributed by atoms with Crippen molar-refractivity contribution in [2.45, 2.75) is 51.0 Å². The molecule has 0 spiro atoms. The molecular weight excluding hydrogens is 476 g/mol. The molecule has 3 aromatic rings. The summed E-state index contributed by atoms with van der Waals surface area (Å²) in [7, 11) is -4.15. The maximum absolute atomic E-state index is 14.1. The summed E-state index contributed by atoms with van der Waals surface area (Å²) in [6, 6.07) is 13.1. The fourth-order valence-corrected chi connectivity index (χ4v) is 6.73. The standard InChI is InChI=1S/C27H32N4O4S/c1-4-8-26(32)31(24-14-16-28-17-18(24)2)36(34,35)25-13-12-23(21-9-5-6-10-22(21)25)30-27(33)20-11-7-15-29-19(20)3/h5-7,9-13,15,18,24,28H,4,8,14,16-17H2,1-3H3,(H,30,33). The highest BCUT2D eigenvalue weighted by Crippen LogP contribution is 2.34. The number of sulfonamides is 1. The number of anilines is 1. The fourth-order valence-electron chi connectivity index (χ4n) is 4.80. The summed E-state index contributed by atoms with van der Waals surface area (Å²) in [6.45, 7) is 6.89. The molecule has 2 heterocycles. The molecule has 0 aliphatic carbocycles. The predicted octanol–water partition coefficient (Wildman–Crippen LogP) is 4.11. The van der Waals surface area contributed by atoms with E-state index in [9.17, 15) is 18.0 Å². The Morgan fingerprint density at radius 1 is 1.11 bits per heavy atom. The second-order valence-electron chi connectivity index (χ2n) is 9.23. The molecule has 190 valence electrons. The first kappa shape index (κ1) is 25.8. The number of benzene rings is 2. The molecule has 2 amide bonds. The Balaban J connectivity index is 1.79. The van der Waals surface area contributed by atoms with E-state index in [1.807, 2.05) is 13.8 Å². The number of carbonyl (C=O) groups excluding carboxylic acids is 2. The van der Waals surface area contributed by atoms with Crippen molar-refractivity contribution in [3.05, 3.63) is 66.0 Å². The predicted molar refractivity (Wildman–Crippen MR) is 140 cm³/mol. The highest BCUT2D eigenvalue weighted by Gasteiger charge is 2.39. The molecule has 1 aliphatic heterocycles. The van der Waals surface area contributed by atoms with Gasteiger partial charge in [0.2, 0.25) is 5.91 Å². The normalized spacial score (nSPS) is 18.1. The molecule has 1 fully saturated rings. The van der Waals surface area contributed by atoms with Crippen LogP contribution in [0.4, 0.5) is 5.69 Å². The highest BCUT2D eigenvalue weighted by atomic mass is 32.2. The number of amides is 2. The molecule has 2 atom stereocenters. The van der Waals surface area contributed by atoms with E-state index in [1.165, 1.54) is 6.07 Å². The van der Waals surface area contributed by atoms with E-state index in [-0.39, 0.29) is 29.0 Å². The Bertz CT molecular complexity index is 1390. The Kier molecular flexibility index (Phi) is 7.70. The van der Waals surface area contributed by atoms with Crippen molar-refractivity contribution >= 4 is 38.3 Å². The molecule has 0 bridgehead atoms. The minimum atomic E-state index is -4.15. The minimum absolute atomic E-state index is 0.0121. The maximum Gasteiger partial charge on any atom is 0.267 e. The van der Waals surface area contributed by atoms with Crippen LogP contribution in [-0.2, 0) is 14.8 Å². The van der Waals surface area contributed by atoms with Crippen LogP contribution in [0.2, 0.25) is 0 Å². The van der Waals surface area contributed by atoms with Crippen molar-refractivity contribution < 1.29 is 18.0 Å². The first-order valence-electron chi connectivity index (χ1n) is 12.3. The van der Waals surface area contributed by atoms with Gasteiger partial charge in [-0.1, -0.05) is 38.1 Å². The molecule has 0 saturated carbocycles. The van der Waals surface area contributed by atoms with E-state index in [0.717, 1.165) is 4.31 Å². The van der Waals surface area contributed by atoms with Crippen LogP contribution in [-0.4, -0.2) is 48.7 Å². The first-order valence-corrected chi connectivity index (χ1v) is 13.7. The number of nitrogens with zero attached hydrogens (tertiary/aromatic N) is 2. The van der Waals surface area contributed by atoms with Crippen LogP contribution in [0.1, 0.15) is 49.2 Å².